The third-order valence-electron chi connectivity index (χ3n) is 3.20. The molecule has 0 fully saturated rings. The summed E-state index contributed by atoms with van der Waals surface area (Å²) in [7, 11) is 0. The minimum Gasteiger partial charge on any atom is -0.352 e. The molecule has 1 aromatic carbocycles. The second-order valence-electron chi connectivity index (χ2n) is 4.93. The van der Waals surface area contributed by atoms with Crippen LogP contribution in [0.4, 0.5) is 13.2 Å². The van der Waals surface area contributed by atoms with Gasteiger partial charge in [-0.15, -0.1) is 12.4 Å². The van der Waals surface area contributed by atoms with Crippen LogP contribution in [0.2, 0.25) is 0 Å². The maximum Gasteiger partial charge on any atom is 0.433 e. The van der Waals surface area contributed by atoms with Gasteiger partial charge >= 0.3 is 6.18 Å². The van der Waals surface area contributed by atoms with Gasteiger partial charge in [0.05, 0.1) is 11.9 Å². The van der Waals surface area contributed by atoms with Gasteiger partial charge in [0.1, 0.15) is 5.69 Å². The highest BCUT2D eigenvalue weighted by atomic mass is 35.5. The Hall–Kier alpha value is -2.06. The summed E-state index contributed by atoms with van der Waals surface area (Å²) >= 11 is 0. The van der Waals surface area contributed by atoms with Crippen LogP contribution in [0.25, 0.3) is 5.69 Å². The van der Waals surface area contributed by atoms with Gasteiger partial charge in [-0.2, -0.15) is 18.3 Å². The molecule has 9 heteroatoms. The Morgan fingerprint density at radius 1 is 1.25 bits per heavy atom. The summed E-state index contributed by atoms with van der Waals surface area (Å²) in [4.78, 5) is 12.0. The van der Waals surface area contributed by atoms with E-state index in [9.17, 15) is 18.0 Å². The number of nitrogens with one attached hydrogen (secondary N) is 1. The molecule has 2 aromatic rings. The van der Waals surface area contributed by atoms with E-state index >= 15 is 0 Å². The molecule has 0 bridgehead atoms. The molecule has 1 amide bonds. The van der Waals surface area contributed by atoms with Crippen LogP contribution in [0, 0.1) is 0 Å². The van der Waals surface area contributed by atoms with E-state index in [-0.39, 0.29) is 29.6 Å². The highest BCUT2D eigenvalue weighted by Gasteiger charge is 2.35. The number of nitrogens with two attached hydrogens (primary N) is 1. The number of hydrogen-bond donors (Lipinski definition) is 2. The van der Waals surface area contributed by atoms with Gasteiger partial charge in [0, 0.05) is 12.1 Å². The molecule has 3 N–H and O–H groups in total. The first-order chi connectivity index (χ1) is 10.9. The summed E-state index contributed by atoms with van der Waals surface area (Å²) in [6.45, 7) is 1.01. The largest absolute Gasteiger partial charge is 0.433 e. The van der Waals surface area contributed by atoms with Crippen molar-refractivity contribution in [3.63, 3.8) is 0 Å². The maximum absolute atomic E-state index is 12.9. The Labute approximate surface area is 143 Å². The fourth-order valence-electron chi connectivity index (χ4n) is 2.08. The number of alkyl halides is 3. The monoisotopic (exact) mass is 362 g/mol. The lowest BCUT2D eigenvalue weighted by atomic mass is 10.2. The van der Waals surface area contributed by atoms with E-state index in [4.69, 9.17) is 5.73 Å². The number of nitrogens with zero attached hydrogens (tertiary/aromatic N) is 2. The highest BCUT2D eigenvalue weighted by Crippen LogP contribution is 2.30. The number of hydrogen-bond acceptors (Lipinski definition) is 3. The number of unbranched alkanes of at least 4 members (excludes halogenated alkanes) is 1. The molecule has 0 saturated heterocycles. The summed E-state index contributed by atoms with van der Waals surface area (Å²) in [5.41, 5.74) is 4.93. The van der Waals surface area contributed by atoms with E-state index in [1.54, 1.807) is 6.07 Å². The van der Waals surface area contributed by atoms with Crippen LogP contribution in [-0.2, 0) is 6.18 Å². The zero-order valence-electron chi connectivity index (χ0n) is 12.7. The van der Waals surface area contributed by atoms with E-state index in [1.165, 1.54) is 18.2 Å². The molecule has 0 aliphatic heterocycles. The van der Waals surface area contributed by atoms with Crippen molar-refractivity contribution >= 4 is 18.3 Å². The first-order valence-corrected chi connectivity index (χ1v) is 7.13. The Kier molecular flexibility index (Phi) is 7.24. The number of halogens is 4. The first-order valence-electron chi connectivity index (χ1n) is 7.13. The van der Waals surface area contributed by atoms with Gasteiger partial charge in [-0.3, -0.25) is 4.79 Å². The fourth-order valence-corrected chi connectivity index (χ4v) is 2.08. The molecular weight excluding hydrogens is 345 g/mol. The molecule has 0 aliphatic carbocycles. The van der Waals surface area contributed by atoms with Crippen LogP contribution in [0.1, 0.15) is 28.9 Å². The lowest BCUT2D eigenvalue weighted by Gasteiger charge is -2.11. The van der Waals surface area contributed by atoms with Crippen LogP contribution in [0.15, 0.2) is 36.5 Å². The van der Waals surface area contributed by atoms with Crippen molar-refractivity contribution in [2.24, 2.45) is 5.73 Å². The molecule has 132 valence electrons. The van der Waals surface area contributed by atoms with Crippen LogP contribution in [-0.4, -0.2) is 28.8 Å². The minimum atomic E-state index is -4.52. The standard InChI is InChI=1S/C15H17F3N4O.ClH/c16-15(17,18)13-6-9-21-22(13)12-5-3-4-11(10-12)14(23)20-8-2-1-7-19;/h3-6,9-10H,1-2,7-8,19H2,(H,20,23);1H. The second-order valence-corrected chi connectivity index (χ2v) is 4.93. The van der Waals surface area contributed by atoms with Crippen molar-refractivity contribution in [2.75, 3.05) is 13.1 Å². The third-order valence-corrected chi connectivity index (χ3v) is 3.20. The van der Waals surface area contributed by atoms with E-state index < -0.39 is 11.9 Å². The number of benzene rings is 1. The van der Waals surface area contributed by atoms with Crippen LogP contribution >= 0.6 is 12.4 Å². The SMILES string of the molecule is Cl.NCCCCNC(=O)c1cccc(-n2nccc2C(F)(F)F)c1. The summed E-state index contributed by atoms with van der Waals surface area (Å²) in [5.74, 6) is -0.343. The first kappa shape index (κ1) is 20.0. The summed E-state index contributed by atoms with van der Waals surface area (Å²) in [5, 5.41) is 6.40. The summed E-state index contributed by atoms with van der Waals surface area (Å²) in [6, 6.07) is 6.79. The predicted octanol–water partition coefficient (Wildman–Crippen LogP) is 2.78. The minimum absolute atomic E-state index is 0. The number of rotatable bonds is 6. The Morgan fingerprint density at radius 3 is 2.67 bits per heavy atom. The zero-order chi connectivity index (χ0) is 16.9. The molecule has 0 spiro atoms. The molecular formula is C15H18ClF3N4O. The summed E-state index contributed by atoms with van der Waals surface area (Å²) in [6.07, 6.45) is -1.90. The highest BCUT2D eigenvalue weighted by molar-refractivity contribution is 5.94. The van der Waals surface area contributed by atoms with E-state index in [1.807, 2.05) is 0 Å². The smallest absolute Gasteiger partial charge is 0.352 e. The Balaban J connectivity index is 0.00000288. The predicted molar refractivity (Wildman–Crippen MR) is 86.4 cm³/mol. The maximum atomic E-state index is 12.9. The van der Waals surface area contributed by atoms with Gasteiger partial charge in [-0.25, -0.2) is 4.68 Å². The second kappa shape index (κ2) is 8.70. The van der Waals surface area contributed by atoms with Crippen molar-refractivity contribution in [1.29, 1.82) is 0 Å². The Bertz CT molecular complexity index is 673. The number of carbonyl (C=O) groups excluding carboxylic acids is 1. The van der Waals surface area contributed by atoms with Crippen molar-refractivity contribution in [3.8, 4) is 5.69 Å². The molecule has 0 atom stereocenters. The van der Waals surface area contributed by atoms with E-state index in [0.29, 0.717) is 13.1 Å². The third kappa shape index (κ3) is 4.97. The lowest BCUT2D eigenvalue weighted by Crippen LogP contribution is -2.25. The molecule has 2 rings (SSSR count). The fraction of sp³-hybridized carbons (Fsp3) is 0.333. The molecule has 0 saturated carbocycles. The average molecular weight is 363 g/mol. The van der Waals surface area contributed by atoms with Crippen molar-refractivity contribution in [3.05, 3.63) is 47.8 Å². The molecule has 24 heavy (non-hydrogen) atoms. The number of carbonyl (C=O) groups is 1. The van der Waals surface area contributed by atoms with Gasteiger partial charge in [0.2, 0.25) is 0 Å². The van der Waals surface area contributed by atoms with Gasteiger partial charge < -0.3 is 11.1 Å². The lowest BCUT2D eigenvalue weighted by molar-refractivity contribution is -0.142. The van der Waals surface area contributed by atoms with Gasteiger partial charge in [0.25, 0.3) is 5.91 Å². The topological polar surface area (TPSA) is 72.9 Å². The van der Waals surface area contributed by atoms with Gasteiger partial charge in [-0.1, -0.05) is 6.07 Å². The van der Waals surface area contributed by atoms with E-state index in [0.717, 1.165) is 29.8 Å². The normalized spacial score (nSPS) is 11.0. The molecule has 1 aromatic heterocycles. The molecule has 5 nitrogen and oxygen atoms in total. The van der Waals surface area contributed by atoms with Crippen molar-refractivity contribution in [2.45, 2.75) is 19.0 Å². The average Bonchev–Trinajstić information content (AvgIpc) is 3.01. The summed E-state index contributed by atoms with van der Waals surface area (Å²) < 4.78 is 39.5. The number of aromatic nitrogens is 2. The van der Waals surface area contributed by atoms with Crippen molar-refractivity contribution < 1.29 is 18.0 Å². The molecule has 1 heterocycles. The van der Waals surface area contributed by atoms with Crippen LogP contribution in [0.3, 0.4) is 0 Å². The zero-order valence-corrected chi connectivity index (χ0v) is 13.5. The van der Waals surface area contributed by atoms with Crippen LogP contribution < -0.4 is 11.1 Å². The Morgan fingerprint density at radius 2 is 2.00 bits per heavy atom. The number of amides is 1. The quantitative estimate of drug-likeness (QED) is 0.776. The molecule has 0 unspecified atom stereocenters. The van der Waals surface area contributed by atoms with Crippen molar-refractivity contribution in [1.82, 2.24) is 15.1 Å². The van der Waals surface area contributed by atoms with Gasteiger partial charge in [0.15, 0.2) is 0 Å². The van der Waals surface area contributed by atoms with Gasteiger partial charge in [-0.05, 0) is 43.7 Å². The van der Waals surface area contributed by atoms with Crippen LogP contribution in [0.5, 0.6) is 0 Å². The molecule has 0 radical (unpaired) electrons. The van der Waals surface area contributed by atoms with E-state index in [2.05, 4.69) is 10.4 Å². The molecule has 0 aliphatic rings.